The van der Waals surface area contributed by atoms with Crippen molar-refractivity contribution in [2.24, 2.45) is 0 Å². The number of hydrogen-bond donors (Lipinski definition) is 0. The number of benzene rings is 1. The Balaban J connectivity index is 1.97. The molecule has 0 N–H and O–H groups in total. The van der Waals surface area contributed by atoms with Crippen LogP contribution in [-0.2, 0) is 16.1 Å². The molecule has 0 bridgehead atoms. The Morgan fingerprint density at radius 3 is 2.54 bits per heavy atom. The number of amides is 1. The van der Waals surface area contributed by atoms with Crippen LogP contribution in [0.4, 0.5) is 0 Å². The molecule has 0 aliphatic rings. The number of rotatable bonds is 6. The maximum Gasteiger partial charge on any atom is 0.344 e. The molecule has 1 aromatic carbocycles. The minimum Gasteiger partial charge on any atom is -0.452 e. The van der Waals surface area contributed by atoms with Crippen LogP contribution < -0.4 is 0 Å². The van der Waals surface area contributed by atoms with Crippen LogP contribution in [0.1, 0.15) is 58.3 Å². The van der Waals surface area contributed by atoms with Crippen molar-refractivity contribution in [2.45, 2.75) is 47.1 Å². The molecule has 140 valence electrons. The second-order valence-corrected chi connectivity index (χ2v) is 6.92. The molecule has 0 spiro atoms. The van der Waals surface area contributed by atoms with Gasteiger partial charge in [0.1, 0.15) is 5.56 Å². The Morgan fingerprint density at radius 1 is 1.23 bits per heavy atom. The van der Waals surface area contributed by atoms with Gasteiger partial charge in [0.05, 0.1) is 5.69 Å². The number of carbonyl (C=O) groups is 2. The predicted molar refractivity (Wildman–Crippen MR) is 98.0 cm³/mol. The predicted octanol–water partition coefficient (Wildman–Crippen LogP) is 3.54. The molecular weight excluding hydrogens is 332 g/mol. The molecule has 0 saturated carbocycles. The molecule has 0 unspecified atom stereocenters. The van der Waals surface area contributed by atoms with E-state index >= 15 is 0 Å². The van der Waals surface area contributed by atoms with Gasteiger partial charge in [-0.1, -0.05) is 42.8 Å². The second-order valence-electron chi connectivity index (χ2n) is 6.92. The normalized spacial score (nSPS) is 10.9. The molecule has 6 nitrogen and oxygen atoms in total. The second kappa shape index (κ2) is 8.17. The first kappa shape index (κ1) is 19.7. The van der Waals surface area contributed by atoms with Crippen LogP contribution >= 0.6 is 0 Å². The van der Waals surface area contributed by atoms with Gasteiger partial charge in [-0.05, 0) is 31.9 Å². The molecule has 0 radical (unpaired) electrons. The van der Waals surface area contributed by atoms with Gasteiger partial charge in [0.2, 0.25) is 0 Å². The first-order valence-corrected chi connectivity index (χ1v) is 8.64. The molecule has 0 saturated heterocycles. The Labute approximate surface area is 154 Å². The molecule has 0 atom stereocenters. The van der Waals surface area contributed by atoms with Crippen LogP contribution in [0.15, 0.2) is 22.7 Å². The van der Waals surface area contributed by atoms with Gasteiger partial charge in [-0.2, -0.15) is 0 Å². The zero-order valence-corrected chi connectivity index (χ0v) is 16.3. The van der Waals surface area contributed by atoms with Crippen LogP contribution in [0, 0.1) is 20.8 Å². The number of aryl methyl sites for hydroxylation is 3. The van der Waals surface area contributed by atoms with Gasteiger partial charge in [0, 0.05) is 19.5 Å². The number of hydrogen-bond acceptors (Lipinski definition) is 5. The molecule has 0 aliphatic carbocycles. The summed E-state index contributed by atoms with van der Waals surface area (Å²) in [5, 5.41) is 3.82. The van der Waals surface area contributed by atoms with E-state index in [4.69, 9.17) is 9.26 Å². The molecule has 6 heteroatoms. The molecule has 1 aromatic heterocycles. The summed E-state index contributed by atoms with van der Waals surface area (Å²) in [6.07, 6.45) is 0. The third kappa shape index (κ3) is 4.50. The maximum atomic E-state index is 12.3. The smallest absolute Gasteiger partial charge is 0.344 e. The van der Waals surface area contributed by atoms with Gasteiger partial charge in [-0.25, -0.2) is 4.79 Å². The van der Waals surface area contributed by atoms with Gasteiger partial charge in [-0.3, -0.25) is 4.79 Å². The summed E-state index contributed by atoms with van der Waals surface area (Å²) in [6.45, 7) is 9.68. The van der Waals surface area contributed by atoms with E-state index in [0.717, 1.165) is 11.1 Å². The lowest BCUT2D eigenvalue weighted by Crippen LogP contribution is -2.31. The number of ether oxygens (including phenoxy) is 1. The Bertz CT molecular complexity index is 808. The van der Waals surface area contributed by atoms with Crippen LogP contribution in [-0.4, -0.2) is 35.6 Å². The zero-order valence-electron chi connectivity index (χ0n) is 16.3. The van der Waals surface area contributed by atoms with E-state index in [9.17, 15) is 9.59 Å². The topological polar surface area (TPSA) is 72.6 Å². The third-order valence-corrected chi connectivity index (χ3v) is 4.28. The molecule has 2 rings (SSSR count). The molecule has 0 fully saturated rings. The quantitative estimate of drug-likeness (QED) is 0.739. The lowest BCUT2D eigenvalue weighted by atomic mass is 10.1. The summed E-state index contributed by atoms with van der Waals surface area (Å²) < 4.78 is 10.4. The molecule has 26 heavy (non-hydrogen) atoms. The van der Waals surface area contributed by atoms with Crippen LogP contribution in [0.3, 0.4) is 0 Å². The summed E-state index contributed by atoms with van der Waals surface area (Å²) >= 11 is 0. The van der Waals surface area contributed by atoms with E-state index in [0.29, 0.717) is 23.6 Å². The van der Waals surface area contributed by atoms with Crippen molar-refractivity contribution in [2.75, 3.05) is 13.7 Å². The highest BCUT2D eigenvalue weighted by Crippen LogP contribution is 2.23. The van der Waals surface area contributed by atoms with Crippen LogP contribution in [0.25, 0.3) is 0 Å². The Morgan fingerprint density at radius 2 is 1.92 bits per heavy atom. The van der Waals surface area contributed by atoms with Crippen LogP contribution in [0.2, 0.25) is 0 Å². The number of nitrogens with zero attached hydrogens (tertiary/aromatic N) is 2. The SMILES string of the molecule is Cc1ccc(CN(C)C(=O)COC(=O)c2c(C)noc2C(C)C)c(C)c1. The van der Waals surface area contributed by atoms with E-state index in [1.165, 1.54) is 5.56 Å². The largest absolute Gasteiger partial charge is 0.452 e. The maximum absolute atomic E-state index is 12.3. The average molecular weight is 358 g/mol. The Kier molecular flexibility index (Phi) is 6.18. The molecule has 1 amide bonds. The molecule has 2 aromatic rings. The molecule has 1 heterocycles. The lowest BCUT2D eigenvalue weighted by molar-refractivity contribution is -0.133. The number of aromatic nitrogens is 1. The van der Waals surface area contributed by atoms with Gasteiger partial charge in [0.25, 0.3) is 5.91 Å². The first-order valence-electron chi connectivity index (χ1n) is 8.64. The summed E-state index contributed by atoms with van der Waals surface area (Å²) in [7, 11) is 1.69. The van der Waals surface area contributed by atoms with E-state index in [2.05, 4.69) is 11.2 Å². The zero-order chi connectivity index (χ0) is 19.4. The number of carbonyl (C=O) groups excluding carboxylic acids is 2. The summed E-state index contributed by atoms with van der Waals surface area (Å²) in [6, 6.07) is 6.11. The lowest BCUT2D eigenvalue weighted by Gasteiger charge is -2.18. The van der Waals surface area contributed by atoms with E-state index in [-0.39, 0.29) is 18.4 Å². The molecular formula is C20H26N2O4. The van der Waals surface area contributed by atoms with Crippen molar-refractivity contribution in [1.29, 1.82) is 0 Å². The number of esters is 1. The van der Waals surface area contributed by atoms with Crippen molar-refractivity contribution < 1.29 is 18.8 Å². The van der Waals surface area contributed by atoms with Crippen molar-refractivity contribution in [3.63, 3.8) is 0 Å². The Hall–Kier alpha value is -2.63. The highest BCUT2D eigenvalue weighted by Gasteiger charge is 2.25. The van der Waals surface area contributed by atoms with E-state index < -0.39 is 5.97 Å². The van der Waals surface area contributed by atoms with Gasteiger partial charge in [0.15, 0.2) is 12.4 Å². The summed E-state index contributed by atoms with van der Waals surface area (Å²) in [4.78, 5) is 26.2. The van der Waals surface area contributed by atoms with Crippen molar-refractivity contribution in [3.8, 4) is 0 Å². The highest BCUT2D eigenvalue weighted by atomic mass is 16.5. The van der Waals surface area contributed by atoms with Crippen molar-refractivity contribution >= 4 is 11.9 Å². The monoisotopic (exact) mass is 358 g/mol. The van der Waals surface area contributed by atoms with E-state index in [1.54, 1.807) is 18.9 Å². The third-order valence-electron chi connectivity index (χ3n) is 4.28. The highest BCUT2D eigenvalue weighted by molar-refractivity contribution is 5.93. The van der Waals surface area contributed by atoms with Gasteiger partial charge in [-0.15, -0.1) is 0 Å². The first-order chi connectivity index (χ1) is 12.2. The fraction of sp³-hybridized carbons (Fsp3) is 0.450. The summed E-state index contributed by atoms with van der Waals surface area (Å²) in [5.41, 5.74) is 4.15. The molecule has 0 aliphatic heterocycles. The van der Waals surface area contributed by atoms with Gasteiger partial charge < -0.3 is 14.2 Å². The summed E-state index contributed by atoms with van der Waals surface area (Å²) in [5.74, 6) is -0.371. The fourth-order valence-electron chi connectivity index (χ4n) is 2.71. The standard InChI is InChI=1S/C20H26N2O4/c1-12(2)19-18(15(5)21-26-19)20(24)25-11-17(23)22(6)10-16-8-7-13(3)9-14(16)4/h7-9,12H,10-11H2,1-6H3. The minimum absolute atomic E-state index is 0.00152. The van der Waals surface area contributed by atoms with E-state index in [1.807, 2.05) is 39.8 Å². The van der Waals surface area contributed by atoms with Crippen molar-refractivity contribution in [1.82, 2.24) is 10.1 Å². The van der Waals surface area contributed by atoms with Crippen molar-refractivity contribution in [3.05, 3.63) is 51.9 Å². The van der Waals surface area contributed by atoms with Crippen LogP contribution in [0.5, 0.6) is 0 Å². The average Bonchev–Trinajstić information content (AvgIpc) is 2.96. The fourth-order valence-corrected chi connectivity index (χ4v) is 2.71. The van der Waals surface area contributed by atoms with Gasteiger partial charge >= 0.3 is 5.97 Å². The number of likely N-dealkylation sites (N-methyl/N-ethyl adjacent to an activating group) is 1. The minimum atomic E-state index is -0.583.